The summed E-state index contributed by atoms with van der Waals surface area (Å²) in [4.78, 5) is 24.5. The van der Waals surface area contributed by atoms with E-state index in [2.05, 4.69) is 10.3 Å². The minimum atomic E-state index is -0.884. The second-order valence-corrected chi connectivity index (χ2v) is 6.32. The van der Waals surface area contributed by atoms with Crippen LogP contribution >= 0.6 is 0 Å². The van der Waals surface area contributed by atoms with Crippen LogP contribution in [0.4, 0.5) is 10.1 Å². The second-order valence-electron chi connectivity index (χ2n) is 6.32. The number of rotatable bonds is 4. The molecule has 0 fully saturated rings. The molecule has 138 valence electrons. The van der Waals surface area contributed by atoms with Crippen LogP contribution in [0, 0.1) is 11.7 Å². The van der Waals surface area contributed by atoms with Crippen molar-refractivity contribution in [3.8, 4) is 0 Å². The quantitative estimate of drug-likeness (QED) is 0.717. The van der Waals surface area contributed by atoms with Crippen molar-refractivity contribution in [2.24, 2.45) is 16.6 Å². The number of hydrogen-bond donors (Lipinski definition) is 3. The highest BCUT2D eigenvalue weighted by Gasteiger charge is 2.32. The molecule has 7 nitrogen and oxygen atoms in total. The maximum Gasteiger partial charge on any atom is 0.290 e. The third-order valence-corrected chi connectivity index (χ3v) is 3.45. The standard InChI is InChI=1S/C16H22FN3O2.CH2O2/c1-10(2)6-15(21)19-11-4-5-13(17)12(7-11)16(3)9-22-8-14(18)20-16;2-1-3/h4-5,7,10H,6,8-9H2,1-3H3,(H2,18,20)(H,19,21);1H,(H,2,3). The minimum absolute atomic E-state index is 0.0966. The molecule has 0 spiro atoms. The highest BCUT2D eigenvalue weighted by molar-refractivity contribution is 5.91. The number of amides is 1. The summed E-state index contributed by atoms with van der Waals surface area (Å²) in [6.45, 7) is 5.94. The maximum atomic E-state index is 14.2. The van der Waals surface area contributed by atoms with Crippen molar-refractivity contribution in [1.29, 1.82) is 0 Å². The van der Waals surface area contributed by atoms with Gasteiger partial charge in [-0.1, -0.05) is 13.8 Å². The molecule has 1 aliphatic heterocycles. The Bertz CT molecular complexity index is 649. The number of amidine groups is 1. The third-order valence-electron chi connectivity index (χ3n) is 3.45. The normalized spacial score (nSPS) is 19.5. The van der Waals surface area contributed by atoms with E-state index in [1.165, 1.54) is 12.1 Å². The van der Waals surface area contributed by atoms with Crippen molar-refractivity contribution in [2.75, 3.05) is 18.5 Å². The Morgan fingerprint density at radius 2 is 2.20 bits per heavy atom. The van der Waals surface area contributed by atoms with E-state index >= 15 is 0 Å². The summed E-state index contributed by atoms with van der Waals surface area (Å²) in [5.74, 6) is 0.100. The molecule has 1 aromatic rings. The lowest BCUT2D eigenvalue weighted by Crippen LogP contribution is -2.38. The van der Waals surface area contributed by atoms with Gasteiger partial charge in [0.15, 0.2) is 0 Å². The lowest BCUT2D eigenvalue weighted by molar-refractivity contribution is -0.123. The lowest BCUT2D eigenvalue weighted by atomic mass is 9.91. The van der Waals surface area contributed by atoms with Gasteiger partial charge >= 0.3 is 0 Å². The number of halogens is 1. The predicted molar refractivity (Wildman–Crippen MR) is 93.0 cm³/mol. The molecular formula is C17H24FN3O4. The van der Waals surface area contributed by atoms with Crippen LogP contribution < -0.4 is 11.1 Å². The molecular weight excluding hydrogens is 329 g/mol. The molecule has 1 unspecified atom stereocenters. The number of benzene rings is 1. The molecule has 25 heavy (non-hydrogen) atoms. The van der Waals surface area contributed by atoms with Crippen molar-refractivity contribution in [2.45, 2.75) is 32.7 Å². The van der Waals surface area contributed by atoms with Gasteiger partial charge in [-0.15, -0.1) is 0 Å². The molecule has 4 N–H and O–H groups in total. The largest absolute Gasteiger partial charge is 0.483 e. The van der Waals surface area contributed by atoms with E-state index in [4.69, 9.17) is 20.4 Å². The van der Waals surface area contributed by atoms with Gasteiger partial charge in [-0.05, 0) is 31.0 Å². The Balaban J connectivity index is 0.000000970. The van der Waals surface area contributed by atoms with Crippen LogP contribution in [0.2, 0.25) is 0 Å². The van der Waals surface area contributed by atoms with Gasteiger partial charge in [0.25, 0.3) is 6.47 Å². The first-order valence-corrected chi connectivity index (χ1v) is 7.81. The van der Waals surface area contributed by atoms with E-state index in [0.29, 0.717) is 23.5 Å². The molecule has 1 atom stereocenters. The Labute approximate surface area is 146 Å². The second kappa shape index (κ2) is 9.12. The maximum absolute atomic E-state index is 14.2. The number of carbonyl (C=O) groups is 2. The van der Waals surface area contributed by atoms with Gasteiger partial charge in [-0.2, -0.15) is 0 Å². The third kappa shape index (κ3) is 6.15. The highest BCUT2D eigenvalue weighted by atomic mass is 19.1. The summed E-state index contributed by atoms with van der Waals surface area (Å²) in [6.07, 6.45) is 0.415. The van der Waals surface area contributed by atoms with Gasteiger partial charge in [0, 0.05) is 17.7 Å². The highest BCUT2D eigenvalue weighted by Crippen LogP contribution is 2.32. The Kier molecular flexibility index (Phi) is 7.50. The van der Waals surface area contributed by atoms with Crippen LogP contribution in [0.3, 0.4) is 0 Å². The topological polar surface area (TPSA) is 114 Å². The Hall–Kier alpha value is -2.48. The summed E-state index contributed by atoms with van der Waals surface area (Å²) in [5.41, 5.74) is 5.72. The lowest BCUT2D eigenvalue weighted by Gasteiger charge is -2.30. The monoisotopic (exact) mass is 353 g/mol. The fourth-order valence-corrected chi connectivity index (χ4v) is 2.47. The molecule has 0 radical (unpaired) electrons. The van der Waals surface area contributed by atoms with Crippen molar-refractivity contribution < 1.29 is 23.8 Å². The van der Waals surface area contributed by atoms with E-state index in [9.17, 15) is 9.18 Å². The van der Waals surface area contributed by atoms with Crippen molar-refractivity contribution in [3.05, 3.63) is 29.6 Å². The van der Waals surface area contributed by atoms with E-state index < -0.39 is 11.4 Å². The summed E-state index contributed by atoms with van der Waals surface area (Å²) < 4.78 is 19.6. The summed E-state index contributed by atoms with van der Waals surface area (Å²) in [5, 5.41) is 9.67. The minimum Gasteiger partial charge on any atom is -0.483 e. The zero-order valence-electron chi connectivity index (χ0n) is 14.6. The van der Waals surface area contributed by atoms with Crippen LogP contribution in [-0.2, 0) is 19.9 Å². The van der Waals surface area contributed by atoms with Crippen molar-refractivity contribution in [3.63, 3.8) is 0 Å². The Morgan fingerprint density at radius 1 is 1.56 bits per heavy atom. The zero-order chi connectivity index (χ0) is 19.0. The molecule has 0 saturated carbocycles. The van der Waals surface area contributed by atoms with E-state index in [-0.39, 0.29) is 31.5 Å². The predicted octanol–water partition coefficient (Wildman–Crippen LogP) is 2.11. The molecule has 1 heterocycles. The number of anilines is 1. The Morgan fingerprint density at radius 3 is 2.76 bits per heavy atom. The fraction of sp³-hybridized carbons (Fsp3) is 0.471. The molecule has 1 aromatic carbocycles. The smallest absolute Gasteiger partial charge is 0.290 e. The van der Waals surface area contributed by atoms with Crippen LogP contribution in [-0.4, -0.2) is 36.5 Å². The first-order valence-electron chi connectivity index (χ1n) is 7.81. The molecule has 1 aliphatic rings. The SMILES string of the molecule is CC(C)CC(=O)Nc1ccc(F)c(C2(C)COCC(N)=N2)c1.O=CO. The first-order chi connectivity index (χ1) is 11.7. The number of hydrogen-bond acceptors (Lipinski definition) is 5. The number of nitrogens with one attached hydrogen (secondary N) is 1. The van der Waals surface area contributed by atoms with Crippen LogP contribution in [0.25, 0.3) is 0 Å². The fourth-order valence-electron chi connectivity index (χ4n) is 2.47. The number of carboxylic acid groups (broad SMARTS) is 1. The van der Waals surface area contributed by atoms with Crippen LogP contribution in [0.15, 0.2) is 23.2 Å². The molecule has 0 bridgehead atoms. The van der Waals surface area contributed by atoms with Gasteiger partial charge < -0.3 is 20.9 Å². The van der Waals surface area contributed by atoms with Gasteiger partial charge in [0.05, 0.1) is 6.61 Å². The number of nitrogens with two attached hydrogens (primary N) is 1. The van der Waals surface area contributed by atoms with Crippen molar-refractivity contribution in [1.82, 2.24) is 0 Å². The average Bonchev–Trinajstić information content (AvgIpc) is 2.49. The van der Waals surface area contributed by atoms with E-state index in [0.717, 1.165) is 0 Å². The van der Waals surface area contributed by atoms with E-state index in [1.807, 2.05) is 13.8 Å². The summed E-state index contributed by atoms with van der Waals surface area (Å²) in [7, 11) is 0. The average molecular weight is 353 g/mol. The van der Waals surface area contributed by atoms with Gasteiger partial charge in [-0.3, -0.25) is 14.6 Å². The summed E-state index contributed by atoms with van der Waals surface area (Å²) in [6, 6.07) is 4.46. The van der Waals surface area contributed by atoms with Gasteiger partial charge in [-0.25, -0.2) is 4.39 Å². The molecule has 0 saturated heterocycles. The van der Waals surface area contributed by atoms with E-state index in [1.54, 1.807) is 13.0 Å². The zero-order valence-corrected chi connectivity index (χ0v) is 14.6. The summed E-state index contributed by atoms with van der Waals surface area (Å²) >= 11 is 0. The number of carbonyl (C=O) groups excluding carboxylic acids is 1. The number of aliphatic imine (C=N–C) groups is 1. The molecule has 8 heteroatoms. The molecule has 0 aromatic heterocycles. The van der Waals surface area contributed by atoms with Crippen molar-refractivity contribution >= 4 is 23.9 Å². The number of ether oxygens (including phenoxy) is 1. The molecule has 1 amide bonds. The number of nitrogens with zero attached hydrogens (tertiary/aromatic N) is 1. The van der Waals surface area contributed by atoms with Crippen LogP contribution in [0.1, 0.15) is 32.8 Å². The van der Waals surface area contributed by atoms with Gasteiger partial charge in [0.1, 0.15) is 23.8 Å². The molecule has 2 rings (SSSR count). The van der Waals surface area contributed by atoms with Gasteiger partial charge in [0.2, 0.25) is 5.91 Å². The first kappa shape index (κ1) is 20.6. The molecule has 0 aliphatic carbocycles. The van der Waals surface area contributed by atoms with Crippen LogP contribution in [0.5, 0.6) is 0 Å².